The molecule has 0 fully saturated rings. The van der Waals surface area contributed by atoms with E-state index in [1.54, 1.807) is 0 Å². The summed E-state index contributed by atoms with van der Waals surface area (Å²) in [7, 11) is -1.10. The number of aliphatic hydroxyl groups is 1. The molecule has 0 radical (unpaired) electrons. The molecule has 9 nitrogen and oxygen atoms in total. The van der Waals surface area contributed by atoms with Crippen molar-refractivity contribution in [1.29, 1.82) is 0 Å². The van der Waals surface area contributed by atoms with Gasteiger partial charge in [-0.05, 0) is 6.07 Å². The van der Waals surface area contributed by atoms with E-state index in [-0.39, 0.29) is 10.6 Å². The van der Waals surface area contributed by atoms with Crippen LogP contribution in [0.4, 0.5) is 0 Å². The van der Waals surface area contributed by atoms with Crippen molar-refractivity contribution in [3.63, 3.8) is 0 Å². The maximum atomic E-state index is 11.9. The molecule has 0 aliphatic carbocycles. The molecule has 0 bridgehead atoms. The van der Waals surface area contributed by atoms with Crippen LogP contribution in [-0.4, -0.2) is 54.8 Å². The van der Waals surface area contributed by atoms with Crippen molar-refractivity contribution in [3.8, 4) is 0 Å². The predicted molar refractivity (Wildman–Crippen MR) is 67.6 cm³/mol. The minimum atomic E-state index is -4.01. The van der Waals surface area contributed by atoms with Crippen molar-refractivity contribution in [3.05, 3.63) is 18.0 Å². The summed E-state index contributed by atoms with van der Waals surface area (Å²) in [6.07, 6.45) is -0.632. The Hall–Kier alpha value is -1.91. The zero-order valence-corrected chi connectivity index (χ0v) is 11.6. The number of carboxylic acids is 1. The van der Waals surface area contributed by atoms with E-state index in [4.69, 9.17) is 10.2 Å². The maximum Gasteiger partial charge on any atom is 0.333 e. The topological polar surface area (TPSA) is 138 Å². The Labute approximate surface area is 115 Å². The molecule has 1 aromatic rings. The third-order valence-electron chi connectivity index (χ3n) is 2.50. The number of rotatable bonds is 6. The highest BCUT2D eigenvalue weighted by Gasteiger charge is 2.22. The van der Waals surface area contributed by atoms with Crippen LogP contribution < -0.4 is 10.0 Å². The fraction of sp³-hybridized carbons (Fsp3) is 0.400. The van der Waals surface area contributed by atoms with Crippen LogP contribution in [0, 0.1) is 0 Å². The zero-order chi connectivity index (χ0) is 15.5. The number of nitrogens with one attached hydrogen (secondary N) is 2. The van der Waals surface area contributed by atoms with Crippen LogP contribution in [0.2, 0.25) is 0 Å². The first-order valence-electron chi connectivity index (χ1n) is 5.48. The van der Waals surface area contributed by atoms with Gasteiger partial charge in [-0.15, -0.1) is 0 Å². The summed E-state index contributed by atoms with van der Waals surface area (Å²) >= 11 is 0. The molecule has 0 saturated heterocycles. The molecule has 0 unspecified atom stereocenters. The smallest absolute Gasteiger partial charge is 0.333 e. The van der Waals surface area contributed by atoms with Gasteiger partial charge in [0.25, 0.3) is 5.91 Å². The number of amides is 1. The lowest BCUT2D eigenvalue weighted by atomic mass is 10.4. The predicted octanol–water partition coefficient (Wildman–Crippen LogP) is -1.89. The Kier molecular flexibility index (Phi) is 4.87. The lowest BCUT2D eigenvalue weighted by Crippen LogP contribution is -2.36. The number of aromatic nitrogens is 1. The summed E-state index contributed by atoms with van der Waals surface area (Å²) in [6.45, 7) is -0.665. The quantitative estimate of drug-likeness (QED) is 0.485. The van der Waals surface area contributed by atoms with Gasteiger partial charge >= 0.3 is 5.97 Å². The molecule has 20 heavy (non-hydrogen) atoms. The van der Waals surface area contributed by atoms with Gasteiger partial charge < -0.3 is 20.1 Å². The van der Waals surface area contributed by atoms with Gasteiger partial charge in [-0.2, -0.15) is 0 Å². The lowest BCUT2D eigenvalue weighted by Gasteiger charge is -2.07. The highest BCUT2D eigenvalue weighted by atomic mass is 32.2. The molecular weight excluding hydrogens is 290 g/mol. The molecule has 4 N–H and O–H groups in total. The number of aryl methyl sites for hydroxylation is 1. The Bertz CT molecular complexity index is 621. The van der Waals surface area contributed by atoms with Gasteiger partial charge in [-0.25, -0.2) is 17.9 Å². The van der Waals surface area contributed by atoms with Gasteiger partial charge in [-0.1, -0.05) is 0 Å². The fourth-order valence-electron chi connectivity index (χ4n) is 1.39. The highest BCUT2D eigenvalue weighted by Crippen LogP contribution is 2.13. The molecule has 0 saturated carbocycles. The normalized spacial score (nSPS) is 12.9. The second kappa shape index (κ2) is 6.03. The Morgan fingerprint density at radius 2 is 2.05 bits per heavy atom. The van der Waals surface area contributed by atoms with E-state index in [0.29, 0.717) is 0 Å². The minimum Gasteiger partial charge on any atom is -0.479 e. The molecule has 0 spiro atoms. The van der Waals surface area contributed by atoms with E-state index in [9.17, 15) is 18.0 Å². The number of hydrogen-bond acceptors (Lipinski definition) is 5. The van der Waals surface area contributed by atoms with Crippen LogP contribution in [-0.2, 0) is 21.9 Å². The van der Waals surface area contributed by atoms with Crippen molar-refractivity contribution >= 4 is 21.9 Å². The second-order valence-corrected chi connectivity index (χ2v) is 5.72. The standard InChI is InChI=1S/C10H15N3O6S/c1-11-9(15)7-3-6(5-13(7)2)20(18,19)12-4-8(14)10(16)17/h3,5,8,12,14H,4H2,1-2H3,(H,11,15)(H,16,17)/t8-/m0/s1. The number of hydrogen-bond donors (Lipinski definition) is 4. The molecule has 1 rings (SSSR count). The molecule has 0 aromatic carbocycles. The van der Waals surface area contributed by atoms with E-state index in [2.05, 4.69) is 5.32 Å². The number of carboxylic acid groups (broad SMARTS) is 1. The average molecular weight is 305 g/mol. The lowest BCUT2D eigenvalue weighted by molar-refractivity contribution is -0.146. The number of carbonyl (C=O) groups is 2. The number of sulfonamides is 1. The van der Waals surface area contributed by atoms with E-state index >= 15 is 0 Å². The first-order valence-corrected chi connectivity index (χ1v) is 6.96. The van der Waals surface area contributed by atoms with Crippen molar-refractivity contribution in [2.75, 3.05) is 13.6 Å². The average Bonchev–Trinajstić information content (AvgIpc) is 2.77. The SMILES string of the molecule is CNC(=O)c1cc(S(=O)(=O)NC[C@H](O)C(=O)O)cn1C. The van der Waals surface area contributed by atoms with Crippen molar-refractivity contribution in [2.45, 2.75) is 11.0 Å². The van der Waals surface area contributed by atoms with Crippen LogP contribution in [0.5, 0.6) is 0 Å². The number of aliphatic hydroxyl groups excluding tert-OH is 1. The molecule has 10 heteroatoms. The number of carbonyl (C=O) groups excluding carboxylic acids is 1. The third kappa shape index (κ3) is 3.56. The molecule has 1 atom stereocenters. The van der Waals surface area contributed by atoms with Crippen molar-refractivity contribution < 1.29 is 28.2 Å². The molecule has 0 aliphatic heterocycles. The summed E-state index contributed by atoms with van der Waals surface area (Å²) in [5, 5.41) is 19.8. The van der Waals surface area contributed by atoms with E-state index in [0.717, 1.165) is 6.07 Å². The van der Waals surface area contributed by atoms with Gasteiger partial charge in [0, 0.05) is 26.8 Å². The Morgan fingerprint density at radius 1 is 1.45 bits per heavy atom. The van der Waals surface area contributed by atoms with Crippen molar-refractivity contribution in [1.82, 2.24) is 14.6 Å². The molecule has 1 heterocycles. The minimum absolute atomic E-state index is 0.131. The van der Waals surface area contributed by atoms with E-state index < -0.39 is 34.5 Å². The molecule has 1 aromatic heterocycles. The summed E-state index contributed by atoms with van der Waals surface area (Å²) in [5.41, 5.74) is 0.131. The van der Waals surface area contributed by atoms with Crippen molar-refractivity contribution in [2.24, 2.45) is 7.05 Å². The van der Waals surface area contributed by atoms with Crippen LogP contribution in [0.3, 0.4) is 0 Å². The van der Waals surface area contributed by atoms with Gasteiger partial charge in [0.05, 0.1) is 0 Å². The van der Waals surface area contributed by atoms with Gasteiger partial charge in [0.2, 0.25) is 10.0 Å². The zero-order valence-electron chi connectivity index (χ0n) is 10.8. The summed E-state index contributed by atoms with van der Waals surface area (Å²) in [4.78, 5) is 21.7. The van der Waals surface area contributed by atoms with E-state index in [1.807, 2.05) is 4.72 Å². The van der Waals surface area contributed by atoms with Crippen LogP contribution in [0.25, 0.3) is 0 Å². The van der Waals surface area contributed by atoms with Crippen LogP contribution in [0.1, 0.15) is 10.5 Å². The van der Waals surface area contributed by atoms with Gasteiger partial charge in [0.1, 0.15) is 10.6 Å². The molecule has 1 amide bonds. The monoisotopic (exact) mass is 305 g/mol. The number of aliphatic carboxylic acids is 1. The molecule has 0 aliphatic rings. The molecular formula is C10H15N3O6S. The fourth-order valence-corrected chi connectivity index (χ4v) is 2.50. The number of nitrogens with zero attached hydrogens (tertiary/aromatic N) is 1. The third-order valence-corrected chi connectivity index (χ3v) is 3.89. The first-order chi connectivity index (χ1) is 9.19. The molecule has 112 valence electrons. The second-order valence-electron chi connectivity index (χ2n) is 3.96. The van der Waals surface area contributed by atoms with E-state index in [1.165, 1.54) is 24.9 Å². The van der Waals surface area contributed by atoms with Gasteiger partial charge in [-0.3, -0.25) is 4.79 Å². The Balaban J connectivity index is 2.94. The largest absolute Gasteiger partial charge is 0.479 e. The first kappa shape index (κ1) is 16.1. The summed E-state index contributed by atoms with van der Waals surface area (Å²) in [6, 6.07) is 1.15. The maximum absolute atomic E-state index is 11.9. The highest BCUT2D eigenvalue weighted by molar-refractivity contribution is 7.89. The summed E-state index contributed by atoms with van der Waals surface area (Å²) < 4.78 is 27.0. The Morgan fingerprint density at radius 3 is 2.55 bits per heavy atom. The van der Waals surface area contributed by atoms with Gasteiger partial charge in [0.15, 0.2) is 6.10 Å². The van der Waals surface area contributed by atoms with Crippen LogP contribution in [0.15, 0.2) is 17.2 Å². The van der Waals surface area contributed by atoms with Crippen LogP contribution >= 0.6 is 0 Å². The summed E-state index contributed by atoms with van der Waals surface area (Å²) in [5.74, 6) is -1.99.